The van der Waals surface area contributed by atoms with E-state index in [4.69, 9.17) is 0 Å². The van der Waals surface area contributed by atoms with E-state index in [1.165, 1.54) is 13.8 Å². The molecule has 0 saturated carbocycles. The van der Waals surface area contributed by atoms with Crippen LogP contribution in [-0.4, -0.2) is 20.9 Å². The van der Waals surface area contributed by atoms with Gasteiger partial charge in [0.25, 0.3) is 0 Å². The molecule has 0 atom stereocenters. The zero-order valence-corrected chi connectivity index (χ0v) is 10.7. The third kappa shape index (κ3) is 4.35. The first kappa shape index (κ1) is 15.7. The zero-order chi connectivity index (χ0) is 14.8. The Balaban J connectivity index is 3.34. The van der Waals surface area contributed by atoms with Gasteiger partial charge in [-0.25, -0.2) is 4.39 Å². The van der Waals surface area contributed by atoms with Gasteiger partial charge in [-0.1, -0.05) is 6.07 Å². The van der Waals surface area contributed by atoms with Crippen LogP contribution in [0.25, 0.3) is 0 Å². The maximum Gasteiger partial charge on any atom is 0.573 e. The summed E-state index contributed by atoms with van der Waals surface area (Å²) in [5.74, 6) is -2.56. The van der Waals surface area contributed by atoms with Crippen LogP contribution >= 0.6 is 0 Å². The second-order valence-corrected chi connectivity index (χ2v) is 5.22. The Labute approximate surface area is 107 Å². The molecule has 0 fully saturated rings. The van der Waals surface area contributed by atoms with Crippen molar-refractivity contribution in [3.8, 4) is 5.75 Å². The number of halogens is 4. The quantitative estimate of drug-likeness (QED) is 0.634. The van der Waals surface area contributed by atoms with E-state index < -0.39 is 39.0 Å². The molecule has 0 radical (unpaired) electrons. The lowest BCUT2D eigenvalue weighted by Gasteiger charge is -2.15. The van der Waals surface area contributed by atoms with E-state index in [1.54, 1.807) is 0 Å². The number of hydrogen-bond acceptors (Lipinski definition) is 4. The number of benzene rings is 1. The fraction of sp³-hybridized carbons (Fsp3) is 0.400. The topological polar surface area (TPSA) is 52.6 Å². The van der Waals surface area contributed by atoms with E-state index in [0.29, 0.717) is 12.1 Å². The van der Waals surface area contributed by atoms with Crippen LogP contribution in [0.2, 0.25) is 0 Å². The van der Waals surface area contributed by atoms with Gasteiger partial charge in [-0.3, -0.25) is 4.18 Å². The van der Waals surface area contributed by atoms with Crippen LogP contribution in [0.5, 0.6) is 5.75 Å². The van der Waals surface area contributed by atoms with Gasteiger partial charge in [0.15, 0.2) is 10.6 Å². The lowest BCUT2D eigenvalue weighted by Crippen LogP contribution is -2.21. The predicted molar refractivity (Wildman–Crippen MR) is 56.5 cm³/mol. The maximum atomic E-state index is 13.5. The van der Waals surface area contributed by atoms with Gasteiger partial charge in [0.05, 0.1) is 6.10 Å². The summed E-state index contributed by atoms with van der Waals surface area (Å²) in [6, 6.07) is 2.28. The van der Waals surface area contributed by atoms with E-state index in [0.717, 1.165) is 6.07 Å². The van der Waals surface area contributed by atoms with Gasteiger partial charge < -0.3 is 4.74 Å². The summed E-state index contributed by atoms with van der Waals surface area (Å²) < 4.78 is 81.1. The van der Waals surface area contributed by atoms with Gasteiger partial charge in [-0.15, -0.1) is 13.2 Å². The van der Waals surface area contributed by atoms with Crippen LogP contribution in [0.3, 0.4) is 0 Å². The van der Waals surface area contributed by atoms with Crippen LogP contribution in [0, 0.1) is 5.82 Å². The average molecular weight is 302 g/mol. The van der Waals surface area contributed by atoms with Crippen molar-refractivity contribution in [3.63, 3.8) is 0 Å². The molecule has 108 valence electrons. The minimum absolute atomic E-state index is 0.688. The molecule has 0 amide bonds. The number of hydrogen-bond donors (Lipinski definition) is 0. The Morgan fingerprint density at radius 2 is 1.79 bits per heavy atom. The van der Waals surface area contributed by atoms with E-state index in [-0.39, 0.29) is 0 Å². The summed E-state index contributed by atoms with van der Waals surface area (Å²) in [5, 5.41) is 0. The average Bonchev–Trinajstić information content (AvgIpc) is 2.11. The van der Waals surface area contributed by atoms with Crippen LogP contribution in [-0.2, 0) is 14.3 Å². The summed E-state index contributed by atoms with van der Waals surface area (Å²) in [4.78, 5) is -1.28. The SMILES string of the molecule is CC(C)OS(=O)(=O)c1c(F)cccc1OC(F)(F)F. The molecular formula is C10H10F4O4S. The molecule has 0 aliphatic heterocycles. The lowest BCUT2D eigenvalue weighted by molar-refractivity contribution is -0.275. The highest BCUT2D eigenvalue weighted by molar-refractivity contribution is 7.86. The van der Waals surface area contributed by atoms with Crippen molar-refractivity contribution in [3.05, 3.63) is 24.0 Å². The molecule has 0 spiro atoms. The second-order valence-electron chi connectivity index (χ2n) is 3.71. The minimum Gasteiger partial charge on any atom is -0.404 e. The van der Waals surface area contributed by atoms with Crippen LogP contribution < -0.4 is 4.74 Å². The molecule has 1 aromatic carbocycles. The van der Waals surface area contributed by atoms with Crippen LogP contribution in [0.1, 0.15) is 13.8 Å². The van der Waals surface area contributed by atoms with Gasteiger partial charge >= 0.3 is 16.5 Å². The highest BCUT2D eigenvalue weighted by Gasteiger charge is 2.36. The first-order chi connectivity index (χ1) is 8.53. The van der Waals surface area contributed by atoms with Gasteiger partial charge in [0, 0.05) is 0 Å². The third-order valence-corrected chi connectivity index (χ3v) is 3.26. The Bertz CT molecular complexity index is 551. The van der Waals surface area contributed by atoms with Gasteiger partial charge in [0.2, 0.25) is 0 Å². The highest BCUT2D eigenvalue weighted by Crippen LogP contribution is 2.32. The highest BCUT2D eigenvalue weighted by atomic mass is 32.2. The molecule has 0 unspecified atom stereocenters. The normalized spacial score (nSPS) is 12.8. The molecular weight excluding hydrogens is 292 g/mol. The molecule has 0 saturated heterocycles. The Kier molecular flexibility index (Phi) is 4.41. The van der Waals surface area contributed by atoms with Crippen LogP contribution in [0.4, 0.5) is 17.6 Å². The first-order valence-corrected chi connectivity index (χ1v) is 6.41. The lowest BCUT2D eigenvalue weighted by atomic mass is 10.3. The van der Waals surface area contributed by atoms with E-state index in [2.05, 4.69) is 8.92 Å². The van der Waals surface area contributed by atoms with E-state index >= 15 is 0 Å². The Hall–Kier alpha value is -1.35. The predicted octanol–water partition coefficient (Wildman–Crippen LogP) is 2.84. The Morgan fingerprint density at radius 1 is 1.21 bits per heavy atom. The molecule has 1 rings (SSSR count). The number of ether oxygens (including phenoxy) is 1. The van der Waals surface area contributed by atoms with Gasteiger partial charge in [-0.05, 0) is 26.0 Å². The van der Waals surface area contributed by atoms with Crippen molar-refractivity contribution in [2.45, 2.75) is 31.2 Å². The molecule has 0 bridgehead atoms. The molecule has 1 aromatic rings. The maximum absolute atomic E-state index is 13.5. The largest absolute Gasteiger partial charge is 0.573 e. The summed E-state index contributed by atoms with van der Waals surface area (Å²) in [6.45, 7) is 2.67. The standard InChI is InChI=1S/C10H10F4O4S/c1-6(2)18-19(15,16)9-7(11)4-3-5-8(9)17-10(12,13)14/h3-6H,1-2H3. The van der Waals surface area contributed by atoms with Crippen molar-refractivity contribution < 1.29 is 34.9 Å². The van der Waals surface area contributed by atoms with Crippen LogP contribution in [0.15, 0.2) is 23.1 Å². The molecule has 0 N–H and O–H groups in total. The molecule has 9 heteroatoms. The zero-order valence-electron chi connectivity index (χ0n) is 9.86. The van der Waals surface area contributed by atoms with Gasteiger partial charge in [0.1, 0.15) is 5.82 Å². The summed E-state index contributed by atoms with van der Waals surface area (Å²) in [5.41, 5.74) is 0. The fourth-order valence-corrected chi connectivity index (χ4v) is 2.50. The smallest absolute Gasteiger partial charge is 0.404 e. The molecule has 0 aliphatic carbocycles. The van der Waals surface area contributed by atoms with Crippen molar-refractivity contribution in [2.75, 3.05) is 0 Å². The minimum atomic E-state index is -5.14. The van der Waals surface area contributed by atoms with E-state index in [1.807, 2.05) is 0 Å². The van der Waals surface area contributed by atoms with E-state index in [9.17, 15) is 26.0 Å². The monoisotopic (exact) mass is 302 g/mol. The molecule has 4 nitrogen and oxygen atoms in total. The molecule has 0 heterocycles. The summed E-state index contributed by atoms with van der Waals surface area (Å²) in [7, 11) is -4.69. The molecule has 0 aliphatic rings. The summed E-state index contributed by atoms with van der Waals surface area (Å²) in [6.07, 6.45) is -6.00. The number of rotatable bonds is 4. The first-order valence-electron chi connectivity index (χ1n) is 5.00. The van der Waals surface area contributed by atoms with Crippen molar-refractivity contribution in [1.82, 2.24) is 0 Å². The van der Waals surface area contributed by atoms with Crippen molar-refractivity contribution in [2.24, 2.45) is 0 Å². The molecule has 0 aromatic heterocycles. The third-order valence-electron chi connectivity index (χ3n) is 1.73. The van der Waals surface area contributed by atoms with Crippen molar-refractivity contribution >= 4 is 10.1 Å². The second kappa shape index (κ2) is 5.33. The van der Waals surface area contributed by atoms with Crippen molar-refractivity contribution in [1.29, 1.82) is 0 Å². The fourth-order valence-electron chi connectivity index (χ4n) is 1.24. The Morgan fingerprint density at radius 3 is 2.26 bits per heavy atom. The van der Waals surface area contributed by atoms with Gasteiger partial charge in [-0.2, -0.15) is 8.42 Å². The summed E-state index contributed by atoms with van der Waals surface area (Å²) >= 11 is 0. The number of alkyl halides is 3. The molecule has 19 heavy (non-hydrogen) atoms.